The molecule has 0 radical (unpaired) electrons. The highest BCUT2D eigenvalue weighted by atomic mass is 16.9. The fraction of sp³-hybridized carbons (Fsp3) is 0.857. The van der Waals surface area contributed by atoms with E-state index in [2.05, 4.69) is 0 Å². The molecule has 0 saturated carbocycles. The van der Waals surface area contributed by atoms with E-state index in [-0.39, 0.29) is 12.8 Å². The Kier molecular flexibility index (Phi) is 4.80. The number of carbonyl (C=O) groups is 1. The van der Waals surface area contributed by atoms with Gasteiger partial charge in [0.15, 0.2) is 0 Å². The zero-order chi connectivity index (χ0) is 9.61. The normalized spacial score (nSPS) is 11.6. The van der Waals surface area contributed by atoms with Gasteiger partial charge in [0.25, 0.3) is 5.97 Å². The molecule has 0 aliphatic carbocycles. The second-order valence-electron chi connectivity index (χ2n) is 2.19. The highest BCUT2D eigenvalue weighted by Crippen LogP contribution is 2.18. The highest BCUT2D eigenvalue weighted by Gasteiger charge is 2.29. The first-order valence-electron chi connectivity index (χ1n) is 3.47. The highest BCUT2D eigenvalue weighted by molar-refractivity contribution is 5.66. The molecule has 0 saturated heterocycles. The van der Waals surface area contributed by atoms with E-state index in [9.17, 15) is 4.79 Å². The van der Waals surface area contributed by atoms with E-state index in [1.54, 1.807) is 0 Å². The molecular formula is C7H14O5. The average molecular weight is 178 g/mol. The van der Waals surface area contributed by atoms with E-state index in [4.69, 9.17) is 19.3 Å². The van der Waals surface area contributed by atoms with Crippen LogP contribution in [0.4, 0.5) is 0 Å². The quantitative estimate of drug-likeness (QED) is 0.598. The van der Waals surface area contributed by atoms with Crippen molar-refractivity contribution in [3.05, 3.63) is 0 Å². The van der Waals surface area contributed by atoms with E-state index in [1.807, 2.05) is 0 Å². The van der Waals surface area contributed by atoms with Gasteiger partial charge in [0.2, 0.25) is 0 Å². The third kappa shape index (κ3) is 3.17. The molecule has 1 N–H and O–H groups in total. The summed E-state index contributed by atoms with van der Waals surface area (Å²) < 4.78 is 14.6. The Labute approximate surface area is 71.2 Å². The predicted molar refractivity (Wildman–Crippen MR) is 40.6 cm³/mol. The van der Waals surface area contributed by atoms with Crippen LogP contribution < -0.4 is 0 Å². The molecule has 0 fully saturated rings. The van der Waals surface area contributed by atoms with Gasteiger partial charge in [-0.2, -0.15) is 0 Å². The number of methoxy groups -OCH3 is 3. The van der Waals surface area contributed by atoms with Crippen molar-refractivity contribution in [2.24, 2.45) is 0 Å². The lowest BCUT2D eigenvalue weighted by molar-refractivity contribution is -0.354. The maximum Gasteiger partial charge on any atom is 0.303 e. The van der Waals surface area contributed by atoms with Crippen LogP contribution in [0.25, 0.3) is 0 Å². The minimum Gasteiger partial charge on any atom is -0.481 e. The summed E-state index contributed by atoms with van der Waals surface area (Å²) in [5.74, 6) is -2.14. The first-order valence-corrected chi connectivity index (χ1v) is 3.47. The number of carboxylic acids is 1. The van der Waals surface area contributed by atoms with Crippen molar-refractivity contribution in [1.29, 1.82) is 0 Å². The van der Waals surface area contributed by atoms with E-state index in [0.717, 1.165) is 0 Å². The first-order chi connectivity index (χ1) is 5.60. The Balaban J connectivity index is 4.01. The number of rotatable bonds is 6. The van der Waals surface area contributed by atoms with Crippen molar-refractivity contribution < 1.29 is 24.1 Å². The van der Waals surface area contributed by atoms with Gasteiger partial charge in [0, 0.05) is 27.8 Å². The van der Waals surface area contributed by atoms with Crippen molar-refractivity contribution in [2.75, 3.05) is 21.3 Å². The smallest absolute Gasteiger partial charge is 0.303 e. The summed E-state index contributed by atoms with van der Waals surface area (Å²) >= 11 is 0. The summed E-state index contributed by atoms with van der Waals surface area (Å²) in [6.45, 7) is 0. The van der Waals surface area contributed by atoms with Gasteiger partial charge in [-0.15, -0.1) is 0 Å². The Morgan fingerprint density at radius 2 is 1.67 bits per heavy atom. The van der Waals surface area contributed by atoms with Crippen molar-refractivity contribution in [1.82, 2.24) is 0 Å². The molecule has 0 aromatic rings. The molecule has 0 bridgehead atoms. The number of carboxylic acid groups (broad SMARTS) is 1. The van der Waals surface area contributed by atoms with E-state index < -0.39 is 11.9 Å². The molecule has 0 aliphatic rings. The topological polar surface area (TPSA) is 65.0 Å². The van der Waals surface area contributed by atoms with Gasteiger partial charge < -0.3 is 19.3 Å². The summed E-state index contributed by atoms with van der Waals surface area (Å²) in [7, 11) is 4.19. The van der Waals surface area contributed by atoms with Crippen LogP contribution in [0.3, 0.4) is 0 Å². The standard InChI is InChI=1S/C7H14O5/c1-10-7(11-2,12-3)5-4-6(8)9/h4-5H2,1-3H3,(H,8,9). The number of ether oxygens (including phenoxy) is 3. The van der Waals surface area contributed by atoms with Crippen LogP contribution in [-0.4, -0.2) is 38.4 Å². The van der Waals surface area contributed by atoms with Crippen LogP contribution in [-0.2, 0) is 19.0 Å². The van der Waals surface area contributed by atoms with Gasteiger partial charge >= 0.3 is 5.97 Å². The minimum atomic E-state index is -1.22. The number of hydrogen-bond donors (Lipinski definition) is 1. The Morgan fingerprint density at radius 3 is 1.92 bits per heavy atom. The molecule has 0 rings (SSSR count). The van der Waals surface area contributed by atoms with Gasteiger partial charge in [0.05, 0.1) is 6.42 Å². The summed E-state index contributed by atoms with van der Waals surface area (Å²) in [5.41, 5.74) is 0. The van der Waals surface area contributed by atoms with E-state index in [0.29, 0.717) is 0 Å². The van der Waals surface area contributed by atoms with Gasteiger partial charge in [0.1, 0.15) is 0 Å². The lowest BCUT2D eigenvalue weighted by Gasteiger charge is -2.27. The van der Waals surface area contributed by atoms with Crippen LogP contribution >= 0.6 is 0 Å². The predicted octanol–water partition coefficient (Wildman–Crippen LogP) is 0.444. The summed E-state index contributed by atoms with van der Waals surface area (Å²) in [6.07, 6.45) is 0.0986. The largest absolute Gasteiger partial charge is 0.481 e. The summed E-state index contributed by atoms with van der Waals surface area (Å²) in [4.78, 5) is 10.2. The maximum atomic E-state index is 10.2. The fourth-order valence-corrected chi connectivity index (χ4v) is 0.816. The first kappa shape index (κ1) is 11.4. The van der Waals surface area contributed by atoms with Crippen LogP contribution in [0, 0.1) is 0 Å². The van der Waals surface area contributed by atoms with Crippen molar-refractivity contribution >= 4 is 5.97 Å². The molecular weight excluding hydrogens is 164 g/mol. The molecule has 0 spiro atoms. The molecule has 0 atom stereocenters. The SMILES string of the molecule is COC(CCC(=O)O)(OC)OC. The zero-order valence-corrected chi connectivity index (χ0v) is 7.49. The maximum absolute atomic E-state index is 10.2. The molecule has 0 aromatic heterocycles. The number of aliphatic carboxylic acids is 1. The lowest BCUT2D eigenvalue weighted by Crippen LogP contribution is -2.36. The Bertz CT molecular complexity index is 132. The van der Waals surface area contributed by atoms with Crippen LogP contribution in [0.5, 0.6) is 0 Å². The monoisotopic (exact) mass is 178 g/mol. The summed E-state index contributed by atoms with van der Waals surface area (Å²) in [5, 5.41) is 8.40. The zero-order valence-electron chi connectivity index (χ0n) is 7.49. The molecule has 72 valence electrons. The third-order valence-corrected chi connectivity index (χ3v) is 1.58. The van der Waals surface area contributed by atoms with Crippen molar-refractivity contribution in [3.8, 4) is 0 Å². The van der Waals surface area contributed by atoms with E-state index >= 15 is 0 Å². The van der Waals surface area contributed by atoms with Gasteiger partial charge in [-0.05, 0) is 0 Å². The molecule has 0 aromatic carbocycles. The molecule has 0 aliphatic heterocycles. The van der Waals surface area contributed by atoms with Gasteiger partial charge in [-0.1, -0.05) is 0 Å². The Hall–Kier alpha value is -0.650. The molecule has 0 heterocycles. The number of hydrogen-bond acceptors (Lipinski definition) is 4. The van der Waals surface area contributed by atoms with E-state index in [1.165, 1.54) is 21.3 Å². The Morgan fingerprint density at radius 1 is 1.25 bits per heavy atom. The van der Waals surface area contributed by atoms with Crippen LogP contribution in [0.15, 0.2) is 0 Å². The molecule has 5 heteroatoms. The molecule has 0 amide bonds. The third-order valence-electron chi connectivity index (χ3n) is 1.58. The fourth-order valence-electron chi connectivity index (χ4n) is 0.816. The summed E-state index contributed by atoms with van der Waals surface area (Å²) in [6, 6.07) is 0. The van der Waals surface area contributed by atoms with Crippen LogP contribution in [0.2, 0.25) is 0 Å². The van der Waals surface area contributed by atoms with Crippen LogP contribution in [0.1, 0.15) is 12.8 Å². The molecule has 12 heavy (non-hydrogen) atoms. The average Bonchev–Trinajstić information content (AvgIpc) is 2.08. The minimum absolute atomic E-state index is 0.0600. The second-order valence-corrected chi connectivity index (χ2v) is 2.19. The lowest BCUT2D eigenvalue weighted by atomic mass is 10.3. The molecule has 5 nitrogen and oxygen atoms in total. The van der Waals surface area contributed by atoms with Gasteiger partial charge in [-0.3, -0.25) is 4.79 Å². The van der Waals surface area contributed by atoms with Crippen molar-refractivity contribution in [3.63, 3.8) is 0 Å². The molecule has 0 unspecified atom stereocenters. The second kappa shape index (κ2) is 5.08. The van der Waals surface area contributed by atoms with Gasteiger partial charge in [-0.25, -0.2) is 0 Å². The van der Waals surface area contributed by atoms with Crippen molar-refractivity contribution in [2.45, 2.75) is 18.8 Å².